The van der Waals surface area contributed by atoms with Crippen LogP contribution in [-0.4, -0.2) is 17.3 Å². The van der Waals surface area contributed by atoms with Gasteiger partial charge in [-0.25, -0.2) is 0 Å². The van der Waals surface area contributed by atoms with Crippen molar-refractivity contribution in [2.24, 2.45) is 11.7 Å². The molecule has 3 N–H and O–H groups in total. The van der Waals surface area contributed by atoms with E-state index < -0.39 is 0 Å². The number of aliphatic hydroxyl groups excluding tert-OH is 1. The molecule has 1 aromatic rings. The molecular weight excluding hydrogens is 218 g/mol. The first-order chi connectivity index (χ1) is 7.66. The quantitative estimate of drug-likeness (QED) is 0.848. The standard InChI is InChI=1S/C13H21NOS/c1-9-6-7-11(16-9)8-12(14)13(15)10-4-2-3-5-10/h6-7,10,12-13,15H,2-5,8,14H2,1H3. The van der Waals surface area contributed by atoms with Crippen molar-refractivity contribution in [2.75, 3.05) is 0 Å². The lowest BCUT2D eigenvalue weighted by Crippen LogP contribution is -2.40. The van der Waals surface area contributed by atoms with Crippen LogP contribution in [0.3, 0.4) is 0 Å². The molecule has 0 spiro atoms. The van der Waals surface area contributed by atoms with Gasteiger partial charge in [-0.05, 0) is 44.2 Å². The Morgan fingerprint density at radius 1 is 1.44 bits per heavy atom. The highest BCUT2D eigenvalue weighted by molar-refractivity contribution is 7.11. The topological polar surface area (TPSA) is 46.2 Å². The zero-order valence-electron chi connectivity index (χ0n) is 9.86. The second-order valence-corrected chi connectivity index (χ2v) is 6.29. The third kappa shape index (κ3) is 2.84. The molecule has 1 aromatic heterocycles. The second-order valence-electron chi connectivity index (χ2n) is 4.92. The molecule has 0 bridgehead atoms. The second kappa shape index (κ2) is 5.30. The van der Waals surface area contributed by atoms with E-state index in [1.54, 1.807) is 11.3 Å². The van der Waals surface area contributed by atoms with Crippen molar-refractivity contribution in [1.29, 1.82) is 0 Å². The van der Waals surface area contributed by atoms with Crippen LogP contribution in [0, 0.1) is 12.8 Å². The van der Waals surface area contributed by atoms with E-state index in [1.165, 1.54) is 22.6 Å². The predicted octanol–water partition coefficient (Wildman–Crippen LogP) is 2.48. The van der Waals surface area contributed by atoms with Crippen LogP contribution < -0.4 is 5.73 Å². The van der Waals surface area contributed by atoms with Gasteiger partial charge in [0.05, 0.1) is 6.10 Å². The van der Waals surface area contributed by atoms with E-state index in [9.17, 15) is 5.11 Å². The minimum Gasteiger partial charge on any atom is -0.391 e. The van der Waals surface area contributed by atoms with Crippen LogP contribution in [0.1, 0.15) is 35.4 Å². The molecule has 0 amide bonds. The molecule has 1 aliphatic rings. The van der Waals surface area contributed by atoms with Gasteiger partial charge in [-0.2, -0.15) is 0 Å². The number of aliphatic hydroxyl groups is 1. The van der Waals surface area contributed by atoms with Crippen LogP contribution in [0.25, 0.3) is 0 Å². The Labute approximate surface area is 101 Å². The number of aryl methyl sites for hydroxylation is 1. The Bertz CT molecular complexity index is 330. The number of hydrogen-bond acceptors (Lipinski definition) is 3. The molecular formula is C13H21NOS. The van der Waals surface area contributed by atoms with Gasteiger partial charge < -0.3 is 10.8 Å². The summed E-state index contributed by atoms with van der Waals surface area (Å²) in [4.78, 5) is 2.61. The van der Waals surface area contributed by atoms with Gasteiger partial charge in [0.15, 0.2) is 0 Å². The summed E-state index contributed by atoms with van der Waals surface area (Å²) in [5, 5.41) is 10.2. The van der Waals surface area contributed by atoms with Crippen LogP contribution >= 0.6 is 11.3 Å². The first-order valence-electron chi connectivity index (χ1n) is 6.16. The maximum Gasteiger partial charge on any atom is 0.0722 e. The average Bonchev–Trinajstić information content (AvgIpc) is 2.88. The van der Waals surface area contributed by atoms with E-state index >= 15 is 0 Å². The number of thiophene rings is 1. The Hall–Kier alpha value is -0.380. The maximum atomic E-state index is 10.2. The summed E-state index contributed by atoms with van der Waals surface area (Å²) < 4.78 is 0. The molecule has 2 unspecified atom stereocenters. The highest BCUT2D eigenvalue weighted by atomic mass is 32.1. The molecule has 0 radical (unpaired) electrons. The minimum absolute atomic E-state index is 0.0962. The van der Waals surface area contributed by atoms with E-state index in [2.05, 4.69) is 19.1 Å². The molecule has 0 aliphatic heterocycles. The Morgan fingerprint density at radius 3 is 2.69 bits per heavy atom. The van der Waals surface area contributed by atoms with Crippen molar-refractivity contribution in [3.05, 3.63) is 21.9 Å². The average molecular weight is 239 g/mol. The zero-order chi connectivity index (χ0) is 11.5. The number of hydrogen-bond donors (Lipinski definition) is 2. The molecule has 1 heterocycles. The molecule has 90 valence electrons. The fraction of sp³-hybridized carbons (Fsp3) is 0.692. The van der Waals surface area contributed by atoms with E-state index in [0.29, 0.717) is 5.92 Å². The molecule has 1 aliphatic carbocycles. The molecule has 0 saturated heterocycles. The molecule has 2 nitrogen and oxygen atoms in total. The van der Waals surface area contributed by atoms with Crippen LogP contribution in [0.4, 0.5) is 0 Å². The summed E-state index contributed by atoms with van der Waals surface area (Å²) >= 11 is 1.78. The van der Waals surface area contributed by atoms with Crippen molar-refractivity contribution in [3.8, 4) is 0 Å². The first-order valence-corrected chi connectivity index (χ1v) is 6.97. The Morgan fingerprint density at radius 2 is 2.12 bits per heavy atom. The summed E-state index contributed by atoms with van der Waals surface area (Å²) in [6.45, 7) is 2.10. The van der Waals surface area contributed by atoms with E-state index in [-0.39, 0.29) is 12.1 Å². The molecule has 0 aromatic carbocycles. The number of rotatable bonds is 4. The zero-order valence-corrected chi connectivity index (χ0v) is 10.7. The molecule has 1 fully saturated rings. The van der Waals surface area contributed by atoms with Crippen LogP contribution in [0.2, 0.25) is 0 Å². The molecule has 1 saturated carbocycles. The first kappa shape index (κ1) is 12.1. The molecule has 2 atom stereocenters. The van der Waals surface area contributed by atoms with Gasteiger partial charge in [0, 0.05) is 15.8 Å². The summed E-state index contributed by atoms with van der Waals surface area (Å²) in [6, 6.07) is 4.15. The lowest BCUT2D eigenvalue weighted by atomic mass is 9.93. The third-order valence-corrected chi connectivity index (χ3v) is 4.58. The van der Waals surface area contributed by atoms with Crippen molar-refractivity contribution >= 4 is 11.3 Å². The van der Waals surface area contributed by atoms with Gasteiger partial charge in [-0.15, -0.1) is 11.3 Å². The van der Waals surface area contributed by atoms with Crippen molar-refractivity contribution in [2.45, 2.75) is 51.2 Å². The van der Waals surface area contributed by atoms with Gasteiger partial charge in [0.1, 0.15) is 0 Å². The summed E-state index contributed by atoms with van der Waals surface area (Å²) in [6.07, 6.45) is 5.32. The van der Waals surface area contributed by atoms with Crippen LogP contribution in [0.15, 0.2) is 12.1 Å². The van der Waals surface area contributed by atoms with Gasteiger partial charge in [0.25, 0.3) is 0 Å². The third-order valence-electron chi connectivity index (χ3n) is 3.55. The van der Waals surface area contributed by atoms with Crippen LogP contribution in [-0.2, 0) is 6.42 Å². The van der Waals surface area contributed by atoms with E-state index in [1.807, 2.05) is 0 Å². The maximum absolute atomic E-state index is 10.2. The molecule has 3 heteroatoms. The highest BCUT2D eigenvalue weighted by Crippen LogP contribution is 2.29. The van der Waals surface area contributed by atoms with Gasteiger partial charge in [0.2, 0.25) is 0 Å². The fourth-order valence-corrected chi connectivity index (χ4v) is 3.56. The largest absolute Gasteiger partial charge is 0.391 e. The van der Waals surface area contributed by atoms with Crippen LogP contribution in [0.5, 0.6) is 0 Å². The summed E-state index contributed by atoms with van der Waals surface area (Å²) in [5.74, 6) is 0.441. The normalized spacial score (nSPS) is 21.2. The van der Waals surface area contributed by atoms with Crippen molar-refractivity contribution in [3.63, 3.8) is 0 Å². The van der Waals surface area contributed by atoms with Crippen molar-refractivity contribution in [1.82, 2.24) is 0 Å². The monoisotopic (exact) mass is 239 g/mol. The van der Waals surface area contributed by atoms with Gasteiger partial charge >= 0.3 is 0 Å². The fourth-order valence-electron chi connectivity index (χ4n) is 2.60. The lowest BCUT2D eigenvalue weighted by molar-refractivity contribution is 0.0848. The number of nitrogens with two attached hydrogens (primary N) is 1. The highest BCUT2D eigenvalue weighted by Gasteiger charge is 2.27. The lowest BCUT2D eigenvalue weighted by Gasteiger charge is -2.23. The summed E-state index contributed by atoms with van der Waals surface area (Å²) in [5.41, 5.74) is 6.09. The van der Waals surface area contributed by atoms with Gasteiger partial charge in [-0.3, -0.25) is 0 Å². The predicted molar refractivity (Wildman–Crippen MR) is 68.7 cm³/mol. The van der Waals surface area contributed by atoms with E-state index in [0.717, 1.165) is 19.3 Å². The Balaban J connectivity index is 1.89. The molecule has 2 rings (SSSR count). The van der Waals surface area contributed by atoms with Crippen molar-refractivity contribution < 1.29 is 5.11 Å². The van der Waals surface area contributed by atoms with Gasteiger partial charge in [-0.1, -0.05) is 12.8 Å². The molecule has 16 heavy (non-hydrogen) atoms. The summed E-state index contributed by atoms with van der Waals surface area (Å²) in [7, 11) is 0. The van der Waals surface area contributed by atoms with E-state index in [4.69, 9.17) is 5.73 Å². The Kier molecular flexibility index (Phi) is 4.00. The smallest absolute Gasteiger partial charge is 0.0722 e. The SMILES string of the molecule is Cc1ccc(CC(N)C(O)C2CCCC2)s1. The minimum atomic E-state index is -0.315.